The summed E-state index contributed by atoms with van der Waals surface area (Å²) in [5, 5.41) is 3.77. The van der Waals surface area contributed by atoms with Crippen molar-refractivity contribution in [3.63, 3.8) is 0 Å². The SMILES string of the molecule is O=C(Cc1cnc[nH]1)N/N=C\c1ccccc1OS(=O)(=O)c1ccc(C(F)(F)F)cc1. The van der Waals surface area contributed by atoms with E-state index >= 15 is 0 Å². The number of alkyl halides is 3. The molecule has 12 heteroatoms. The minimum Gasteiger partial charge on any atom is -0.378 e. The summed E-state index contributed by atoms with van der Waals surface area (Å²) in [6.45, 7) is 0. The minimum atomic E-state index is -4.59. The largest absolute Gasteiger partial charge is 0.416 e. The van der Waals surface area contributed by atoms with E-state index in [4.69, 9.17) is 4.18 Å². The molecule has 0 aliphatic carbocycles. The van der Waals surface area contributed by atoms with Gasteiger partial charge in [0.2, 0.25) is 5.91 Å². The molecular formula is C19H15F3N4O4S. The number of benzene rings is 2. The van der Waals surface area contributed by atoms with Crippen LogP contribution in [0.25, 0.3) is 0 Å². The number of hydrazone groups is 1. The Kier molecular flexibility index (Phi) is 6.39. The van der Waals surface area contributed by atoms with Gasteiger partial charge in [-0.1, -0.05) is 12.1 Å². The zero-order valence-corrected chi connectivity index (χ0v) is 16.4. The van der Waals surface area contributed by atoms with E-state index in [0.29, 0.717) is 17.8 Å². The number of aromatic amines is 1. The van der Waals surface area contributed by atoms with E-state index in [9.17, 15) is 26.4 Å². The van der Waals surface area contributed by atoms with Crippen molar-refractivity contribution in [1.29, 1.82) is 0 Å². The van der Waals surface area contributed by atoms with E-state index in [1.165, 1.54) is 36.9 Å². The lowest BCUT2D eigenvalue weighted by Gasteiger charge is -2.11. The third-order valence-corrected chi connectivity index (χ3v) is 5.14. The minimum absolute atomic E-state index is 0.0117. The summed E-state index contributed by atoms with van der Waals surface area (Å²) in [4.78, 5) is 17.9. The first-order chi connectivity index (χ1) is 14.6. The first-order valence-corrected chi connectivity index (χ1v) is 10.1. The number of hydrogen-bond donors (Lipinski definition) is 2. The van der Waals surface area contributed by atoms with Gasteiger partial charge in [-0.15, -0.1) is 0 Å². The summed E-state index contributed by atoms with van der Waals surface area (Å²) in [6, 6.07) is 8.85. The van der Waals surface area contributed by atoms with Crippen molar-refractivity contribution in [2.24, 2.45) is 5.10 Å². The van der Waals surface area contributed by atoms with Crippen LogP contribution in [0.3, 0.4) is 0 Å². The molecule has 1 amide bonds. The fourth-order valence-electron chi connectivity index (χ4n) is 2.41. The van der Waals surface area contributed by atoms with Crippen molar-refractivity contribution in [3.05, 3.63) is 77.9 Å². The van der Waals surface area contributed by atoms with Crippen LogP contribution in [0, 0.1) is 0 Å². The van der Waals surface area contributed by atoms with Crippen molar-refractivity contribution in [1.82, 2.24) is 15.4 Å². The zero-order chi connectivity index (χ0) is 22.5. The van der Waals surface area contributed by atoms with Crippen molar-refractivity contribution in [3.8, 4) is 5.75 Å². The van der Waals surface area contributed by atoms with E-state index in [1.54, 1.807) is 6.07 Å². The van der Waals surface area contributed by atoms with E-state index in [0.717, 1.165) is 12.1 Å². The van der Waals surface area contributed by atoms with Gasteiger partial charge in [0.25, 0.3) is 0 Å². The summed E-state index contributed by atoms with van der Waals surface area (Å²) in [6.07, 6.45) is -0.483. The molecule has 31 heavy (non-hydrogen) atoms. The van der Waals surface area contributed by atoms with Crippen LogP contribution >= 0.6 is 0 Å². The molecule has 3 aromatic rings. The summed E-state index contributed by atoms with van der Waals surface area (Å²) >= 11 is 0. The average Bonchev–Trinajstić information content (AvgIpc) is 3.21. The number of carbonyl (C=O) groups is 1. The smallest absolute Gasteiger partial charge is 0.378 e. The lowest BCUT2D eigenvalue weighted by Crippen LogP contribution is -2.20. The molecule has 0 saturated heterocycles. The Morgan fingerprint density at radius 3 is 2.52 bits per heavy atom. The van der Waals surface area contributed by atoms with Crippen LogP contribution in [0.5, 0.6) is 5.75 Å². The van der Waals surface area contributed by atoms with E-state index < -0.39 is 32.7 Å². The van der Waals surface area contributed by atoms with E-state index in [-0.39, 0.29) is 17.7 Å². The molecule has 3 rings (SSSR count). The molecule has 1 heterocycles. The molecule has 0 atom stereocenters. The topological polar surface area (TPSA) is 114 Å². The van der Waals surface area contributed by atoms with Crippen molar-refractivity contribution >= 4 is 22.2 Å². The first-order valence-electron chi connectivity index (χ1n) is 8.65. The molecule has 1 aromatic heterocycles. The molecule has 2 N–H and O–H groups in total. The van der Waals surface area contributed by atoms with Crippen LogP contribution in [0.4, 0.5) is 13.2 Å². The van der Waals surface area contributed by atoms with Gasteiger partial charge in [0.1, 0.15) is 4.90 Å². The summed E-state index contributed by atoms with van der Waals surface area (Å²) < 4.78 is 68.0. The van der Waals surface area contributed by atoms with Crippen LogP contribution < -0.4 is 9.61 Å². The fourth-order valence-corrected chi connectivity index (χ4v) is 3.36. The molecule has 0 aliphatic rings. The molecule has 0 unspecified atom stereocenters. The Morgan fingerprint density at radius 1 is 1.16 bits per heavy atom. The number of nitrogens with one attached hydrogen (secondary N) is 2. The van der Waals surface area contributed by atoms with Crippen molar-refractivity contribution in [2.45, 2.75) is 17.5 Å². The van der Waals surface area contributed by atoms with Gasteiger partial charge >= 0.3 is 16.3 Å². The number of carbonyl (C=O) groups excluding carboxylic acids is 1. The van der Waals surface area contributed by atoms with Crippen LogP contribution in [0.1, 0.15) is 16.8 Å². The van der Waals surface area contributed by atoms with Gasteiger partial charge in [0.15, 0.2) is 5.75 Å². The highest BCUT2D eigenvalue weighted by Crippen LogP contribution is 2.30. The number of nitrogens with zero attached hydrogens (tertiary/aromatic N) is 2. The quantitative estimate of drug-likeness (QED) is 0.325. The summed E-state index contributed by atoms with van der Waals surface area (Å²) in [5.74, 6) is -0.551. The number of para-hydroxylation sites is 1. The second-order valence-electron chi connectivity index (χ2n) is 6.14. The third-order valence-electron chi connectivity index (χ3n) is 3.89. The number of imidazole rings is 1. The van der Waals surface area contributed by atoms with Gasteiger partial charge in [0, 0.05) is 17.5 Å². The second kappa shape index (κ2) is 9.00. The van der Waals surface area contributed by atoms with Crippen molar-refractivity contribution in [2.75, 3.05) is 0 Å². The lowest BCUT2D eigenvalue weighted by molar-refractivity contribution is -0.137. The van der Waals surface area contributed by atoms with Crippen LogP contribution in [-0.4, -0.2) is 30.5 Å². The molecule has 162 valence electrons. The maximum Gasteiger partial charge on any atom is 0.416 e. The van der Waals surface area contributed by atoms with E-state index in [2.05, 4.69) is 20.5 Å². The Bertz CT molecular complexity index is 1180. The Labute approximate surface area is 174 Å². The summed E-state index contributed by atoms with van der Waals surface area (Å²) in [7, 11) is -4.40. The van der Waals surface area contributed by atoms with E-state index in [1.807, 2.05) is 0 Å². The van der Waals surface area contributed by atoms with Gasteiger partial charge in [-0.05, 0) is 36.4 Å². The maximum atomic E-state index is 12.7. The Balaban J connectivity index is 1.71. The van der Waals surface area contributed by atoms with Gasteiger partial charge in [-0.25, -0.2) is 10.4 Å². The average molecular weight is 452 g/mol. The highest BCUT2D eigenvalue weighted by atomic mass is 32.2. The standard InChI is InChI=1S/C19H15F3N4O4S/c20-19(21,22)14-5-7-16(8-6-14)31(28,29)30-17-4-2-1-3-13(17)10-25-26-18(27)9-15-11-23-12-24-15/h1-8,10-12H,9H2,(H,23,24)(H,26,27)/b25-10-. The predicted molar refractivity (Wildman–Crippen MR) is 104 cm³/mol. The van der Waals surface area contributed by atoms with Gasteiger partial charge in [-0.3, -0.25) is 4.79 Å². The molecule has 0 bridgehead atoms. The second-order valence-corrected chi connectivity index (χ2v) is 7.69. The molecule has 0 fully saturated rings. The highest BCUT2D eigenvalue weighted by Gasteiger charge is 2.31. The number of H-pyrrole nitrogens is 1. The molecule has 2 aromatic carbocycles. The number of aromatic nitrogens is 2. The number of amides is 1. The number of halogens is 3. The normalized spacial score (nSPS) is 12.1. The molecule has 0 aliphatic heterocycles. The fraction of sp³-hybridized carbons (Fsp3) is 0.105. The molecule has 0 radical (unpaired) electrons. The molecule has 0 saturated carbocycles. The number of hydrogen-bond acceptors (Lipinski definition) is 6. The van der Waals surface area contributed by atoms with Crippen LogP contribution in [0.15, 0.2) is 71.1 Å². The lowest BCUT2D eigenvalue weighted by atomic mass is 10.2. The zero-order valence-electron chi connectivity index (χ0n) is 15.6. The third kappa shape index (κ3) is 5.92. The van der Waals surface area contributed by atoms with Crippen LogP contribution in [-0.2, 0) is 27.5 Å². The first kappa shape index (κ1) is 22.0. The molecular weight excluding hydrogens is 437 g/mol. The van der Waals surface area contributed by atoms with Gasteiger partial charge in [-0.2, -0.15) is 26.7 Å². The monoisotopic (exact) mass is 452 g/mol. The van der Waals surface area contributed by atoms with Crippen LogP contribution in [0.2, 0.25) is 0 Å². The van der Waals surface area contributed by atoms with Gasteiger partial charge < -0.3 is 9.17 Å². The number of rotatable bonds is 7. The van der Waals surface area contributed by atoms with Crippen molar-refractivity contribution < 1.29 is 30.6 Å². The Morgan fingerprint density at radius 2 is 1.87 bits per heavy atom. The van der Waals surface area contributed by atoms with Gasteiger partial charge in [0.05, 0.1) is 24.5 Å². The molecule has 8 nitrogen and oxygen atoms in total. The maximum absolute atomic E-state index is 12.7. The summed E-state index contributed by atoms with van der Waals surface area (Å²) in [5.41, 5.74) is 2.11. The Hall–Kier alpha value is -3.67. The predicted octanol–water partition coefficient (Wildman–Crippen LogP) is 2.89. The highest BCUT2D eigenvalue weighted by molar-refractivity contribution is 7.87. The molecule has 0 spiro atoms.